The lowest BCUT2D eigenvalue weighted by atomic mass is 10.1. The molecule has 0 spiro atoms. The van der Waals surface area contributed by atoms with E-state index in [4.69, 9.17) is 4.42 Å². The van der Waals surface area contributed by atoms with Gasteiger partial charge in [0.15, 0.2) is 17.8 Å². The van der Waals surface area contributed by atoms with Crippen LogP contribution in [0.15, 0.2) is 28.9 Å². The smallest absolute Gasteiger partial charge is 0.192 e. The second kappa shape index (κ2) is 3.80. The zero-order valence-electron chi connectivity index (χ0n) is 10.0. The number of rotatable bonds is 2. The molecule has 0 aliphatic rings. The third-order valence-corrected chi connectivity index (χ3v) is 2.84. The molecule has 0 saturated carbocycles. The molecule has 0 N–H and O–H groups in total. The van der Waals surface area contributed by atoms with Crippen molar-refractivity contribution >= 4 is 17.4 Å². The molecule has 0 unspecified atom stereocenters. The molecule has 2 heterocycles. The summed E-state index contributed by atoms with van der Waals surface area (Å²) < 4.78 is 7.24. The molecule has 0 saturated heterocycles. The van der Waals surface area contributed by atoms with E-state index in [-0.39, 0.29) is 0 Å². The average molecular weight is 241 g/mol. The van der Waals surface area contributed by atoms with E-state index in [9.17, 15) is 4.79 Å². The van der Waals surface area contributed by atoms with E-state index in [1.165, 1.54) is 0 Å². The third-order valence-electron chi connectivity index (χ3n) is 2.84. The summed E-state index contributed by atoms with van der Waals surface area (Å²) in [6.07, 6.45) is 2.38. The van der Waals surface area contributed by atoms with Gasteiger partial charge in [-0.05, 0) is 18.2 Å². The van der Waals surface area contributed by atoms with E-state index >= 15 is 0 Å². The SMILES string of the molecule is Cc1nc2cc(-c3c(C=O)ncn3C)ccc2o1. The second-order valence-corrected chi connectivity index (χ2v) is 4.12. The number of fused-ring (bicyclic) bond motifs is 1. The quantitative estimate of drug-likeness (QED) is 0.646. The van der Waals surface area contributed by atoms with Crippen LogP contribution in [-0.2, 0) is 7.05 Å². The Labute approximate surface area is 103 Å². The summed E-state index contributed by atoms with van der Waals surface area (Å²) in [5.41, 5.74) is 3.64. The third kappa shape index (κ3) is 1.52. The highest BCUT2D eigenvalue weighted by Gasteiger charge is 2.12. The topological polar surface area (TPSA) is 60.9 Å². The van der Waals surface area contributed by atoms with Gasteiger partial charge in [0.05, 0.1) is 12.0 Å². The van der Waals surface area contributed by atoms with Crippen LogP contribution in [0.2, 0.25) is 0 Å². The maximum absolute atomic E-state index is 11.0. The fourth-order valence-electron chi connectivity index (χ4n) is 2.08. The van der Waals surface area contributed by atoms with Crippen molar-refractivity contribution in [1.82, 2.24) is 14.5 Å². The van der Waals surface area contributed by atoms with Gasteiger partial charge in [0, 0.05) is 19.5 Å². The number of carbonyl (C=O) groups is 1. The first-order valence-corrected chi connectivity index (χ1v) is 5.53. The number of hydrogen-bond donors (Lipinski definition) is 0. The zero-order chi connectivity index (χ0) is 12.7. The number of carbonyl (C=O) groups excluding carboxylic acids is 1. The first-order chi connectivity index (χ1) is 8.69. The van der Waals surface area contributed by atoms with Crippen molar-refractivity contribution in [3.8, 4) is 11.3 Å². The van der Waals surface area contributed by atoms with Crippen LogP contribution in [0.3, 0.4) is 0 Å². The van der Waals surface area contributed by atoms with Gasteiger partial charge in [-0.3, -0.25) is 4.79 Å². The van der Waals surface area contributed by atoms with Crippen LogP contribution in [-0.4, -0.2) is 20.8 Å². The Bertz CT molecular complexity index is 740. The molecule has 0 radical (unpaired) electrons. The zero-order valence-corrected chi connectivity index (χ0v) is 10.0. The molecule has 0 atom stereocenters. The van der Waals surface area contributed by atoms with E-state index in [1.54, 1.807) is 13.3 Å². The summed E-state index contributed by atoms with van der Waals surface area (Å²) in [4.78, 5) is 19.3. The monoisotopic (exact) mass is 241 g/mol. The van der Waals surface area contributed by atoms with Crippen LogP contribution in [0, 0.1) is 6.92 Å². The lowest BCUT2D eigenvalue weighted by molar-refractivity contribution is 0.112. The van der Waals surface area contributed by atoms with Crippen LogP contribution >= 0.6 is 0 Å². The van der Waals surface area contributed by atoms with Crippen molar-refractivity contribution in [2.45, 2.75) is 6.92 Å². The molecule has 0 aliphatic carbocycles. The first-order valence-electron chi connectivity index (χ1n) is 5.53. The Hall–Kier alpha value is -2.43. The number of nitrogens with zero attached hydrogens (tertiary/aromatic N) is 3. The Kier molecular flexibility index (Phi) is 2.26. The number of benzene rings is 1. The number of hydrogen-bond acceptors (Lipinski definition) is 4. The molecule has 2 aromatic heterocycles. The summed E-state index contributed by atoms with van der Waals surface area (Å²) in [5, 5.41) is 0. The predicted octanol–water partition coefficient (Wildman–Crippen LogP) is 2.35. The van der Waals surface area contributed by atoms with Crippen molar-refractivity contribution in [3.05, 3.63) is 36.1 Å². The minimum atomic E-state index is 0.428. The Balaban J connectivity index is 2.24. The van der Waals surface area contributed by atoms with Crippen molar-refractivity contribution < 1.29 is 9.21 Å². The summed E-state index contributed by atoms with van der Waals surface area (Å²) in [7, 11) is 1.85. The van der Waals surface area contributed by atoms with Gasteiger partial charge in [0.25, 0.3) is 0 Å². The molecule has 18 heavy (non-hydrogen) atoms. The fraction of sp³-hybridized carbons (Fsp3) is 0.154. The number of aldehydes is 1. The summed E-state index contributed by atoms with van der Waals surface area (Å²) in [5.74, 6) is 0.628. The van der Waals surface area contributed by atoms with Crippen molar-refractivity contribution in [1.29, 1.82) is 0 Å². The summed E-state index contributed by atoms with van der Waals surface area (Å²) >= 11 is 0. The van der Waals surface area contributed by atoms with Gasteiger partial charge < -0.3 is 8.98 Å². The van der Waals surface area contributed by atoms with Gasteiger partial charge in [0.2, 0.25) is 0 Å². The molecule has 0 bridgehead atoms. The molecule has 90 valence electrons. The molecular weight excluding hydrogens is 230 g/mol. The number of aromatic nitrogens is 3. The highest BCUT2D eigenvalue weighted by molar-refractivity contribution is 5.87. The van der Waals surface area contributed by atoms with Crippen molar-refractivity contribution in [3.63, 3.8) is 0 Å². The fourth-order valence-corrected chi connectivity index (χ4v) is 2.08. The molecular formula is C13H11N3O2. The van der Waals surface area contributed by atoms with Crippen LogP contribution in [0.5, 0.6) is 0 Å². The highest BCUT2D eigenvalue weighted by Crippen LogP contribution is 2.26. The Morgan fingerprint density at radius 1 is 1.39 bits per heavy atom. The van der Waals surface area contributed by atoms with Crippen LogP contribution in [0.25, 0.3) is 22.4 Å². The highest BCUT2D eigenvalue weighted by atomic mass is 16.3. The predicted molar refractivity (Wildman–Crippen MR) is 66.3 cm³/mol. The second-order valence-electron chi connectivity index (χ2n) is 4.12. The van der Waals surface area contributed by atoms with Gasteiger partial charge in [0.1, 0.15) is 11.2 Å². The molecule has 0 fully saturated rings. The van der Waals surface area contributed by atoms with Crippen LogP contribution in [0.4, 0.5) is 0 Å². The molecule has 0 amide bonds. The van der Waals surface area contributed by atoms with Crippen molar-refractivity contribution in [2.75, 3.05) is 0 Å². The molecule has 5 nitrogen and oxygen atoms in total. The maximum atomic E-state index is 11.0. The van der Waals surface area contributed by atoms with E-state index in [2.05, 4.69) is 9.97 Å². The minimum absolute atomic E-state index is 0.428. The standard InChI is InChI=1S/C13H11N3O2/c1-8-15-10-5-9(3-4-12(10)18-8)13-11(6-17)14-7-16(13)2/h3-7H,1-2H3. The van der Waals surface area contributed by atoms with E-state index in [1.807, 2.05) is 29.8 Å². The Morgan fingerprint density at radius 2 is 2.22 bits per heavy atom. The first kappa shape index (κ1) is 10.7. The number of imidazole rings is 1. The van der Waals surface area contributed by atoms with E-state index in [0.29, 0.717) is 11.6 Å². The van der Waals surface area contributed by atoms with Gasteiger partial charge >= 0.3 is 0 Å². The number of aryl methyl sites for hydroxylation is 2. The largest absolute Gasteiger partial charge is 0.441 e. The van der Waals surface area contributed by atoms with Gasteiger partial charge in [-0.25, -0.2) is 9.97 Å². The lowest BCUT2D eigenvalue weighted by Gasteiger charge is -2.02. The maximum Gasteiger partial charge on any atom is 0.192 e. The summed E-state index contributed by atoms with van der Waals surface area (Å²) in [6, 6.07) is 5.65. The van der Waals surface area contributed by atoms with Gasteiger partial charge in [-0.1, -0.05) is 0 Å². The normalized spacial score (nSPS) is 11.0. The molecule has 3 aromatic rings. The minimum Gasteiger partial charge on any atom is -0.441 e. The number of oxazole rings is 1. The molecule has 0 aliphatic heterocycles. The molecule has 1 aromatic carbocycles. The molecule has 3 rings (SSSR count). The van der Waals surface area contributed by atoms with Crippen LogP contribution in [0.1, 0.15) is 16.4 Å². The van der Waals surface area contributed by atoms with Gasteiger partial charge in [-0.15, -0.1) is 0 Å². The lowest BCUT2D eigenvalue weighted by Crippen LogP contribution is -1.93. The average Bonchev–Trinajstić information content (AvgIpc) is 2.89. The summed E-state index contributed by atoms with van der Waals surface area (Å²) in [6.45, 7) is 1.81. The van der Waals surface area contributed by atoms with E-state index < -0.39 is 0 Å². The van der Waals surface area contributed by atoms with E-state index in [0.717, 1.165) is 28.6 Å². The Morgan fingerprint density at radius 3 is 3.00 bits per heavy atom. The van der Waals surface area contributed by atoms with Crippen molar-refractivity contribution in [2.24, 2.45) is 7.05 Å². The van der Waals surface area contributed by atoms with Gasteiger partial charge in [-0.2, -0.15) is 0 Å². The van der Waals surface area contributed by atoms with Crippen LogP contribution < -0.4 is 0 Å². The molecule has 5 heteroatoms.